The van der Waals surface area contributed by atoms with Crippen molar-refractivity contribution in [1.82, 2.24) is 4.31 Å². The van der Waals surface area contributed by atoms with Gasteiger partial charge in [-0.25, -0.2) is 12.7 Å². The van der Waals surface area contributed by atoms with Gasteiger partial charge in [-0.05, 0) is 12.3 Å². The summed E-state index contributed by atoms with van der Waals surface area (Å²) in [5.41, 5.74) is 0. The van der Waals surface area contributed by atoms with Crippen molar-refractivity contribution in [2.75, 3.05) is 26.0 Å². The van der Waals surface area contributed by atoms with Gasteiger partial charge in [-0.2, -0.15) is 0 Å². The van der Waals surface area contributed by atoms with E-state index in [0.717, 1.165) is 0 Å². The molecule has 1 heterocycles. The van der Waals surface area contributed by atoms with Gasteiger partial charge < -0.3 is 9.84 Å². The molecular formula is C11H21NO5S. The van der Waals surface area contributed by atoms with Crippen molar-refractivity contribution in [2.45, 2.75) is 26.4 Å². The van der Waals surface area contributed by atoms with E-state index in [1.165, 1.54) is 11.4 Å². The Balaban J connectivity index is 2.73. The number of aliphatic carboxylic acids is 1. The maximum atomic E-state index is 12.1. The highest BCUT2D eigenvalue weighted by Crippen LogP contribution is 2.26. The zero-order valence-electron chi connectivity index (χ0n) is 11.0. The van der Waals surface area contributed by atoms with E-state index in [1.54, 1.807) is 6.92 Å². The molecule has 18 heavy (non-hydrogen) atoms. The second-order valence-electron chi connectivity index (χ2n) is 4.78. The van der Waals surface area contributed by atoms with Crippen molar-refractivity contribution in [2.24, 2.45) is 11.8 Å². The average molecular weight is 279 g/mol. The second kappa shape index (κ2) is 5.99. The highest BCUT2D eigenvalue weighted by molar-refractivity contribution is 7.89. The van der Waals surface area contributed by atoms with Crippen LogP contribution in [-0.4, -0.2) is 55.9 Å². The molecule has 0 spiro atoms. The largest absolute Gasteiger partial charge is 0.481 e. The molecule has 1 saturated heterocycles. The molecule has 0 aromatic carbocycles. The minimum absolute atomic E-state index is 0.0684. The second-order valence-corrected chi connectivity index (χ2v) is 6.80. The van der Waals surface area contributed by atoms with Gasteiger partial charge in [0, 0.05) is 20.2 Å². The van der Waals surface area contributed by atoms with Crippen LogP contribution in [0.2, 0.25) is 0 Å². The van der Waals surface area contributed by atoms with Crippen molar-refractivity contribution in [1.29, 1.82) is 0 Å². The van der Waals surface area contributed by atoms with Crippen LogP contribution in [0.1, 0.15) is 20.3 Å². The first-order chi connectivity index (χ1) is 8.31. The standard InChI is InChI=1S/C11H21NO5S/c1-4-9(17-3)7-18(15,16)12-5-8(2)10(6-12)11(13)14/h8-10H,4-7H2,1-3H3,(H,13,14)/t8-,9?,10-/m1/s1. The number of methoxy groups -OCH3 is 1. The van der Waals surface area contributed by atoms with Crippen LogP contribution in [0.25, 0.3) is 0 Å². The van der Waals surface area contributed by atoms with Crippen molar-refractivity contribution in [3.05, 3.63) is 0 Å². The smallest absolute Gasteiger partial charge is 0.308 e. The third-order valence-electron chi connectivity index (χ3n) is 3.47. The lowest BCUT2D eigenvalue weighted by Crippen LogP contribution is -2.36. The van der Waals surface area contributed by atoms with Gasteiger partial charge in [0.15, 0.2) is 0 Å². The maximum absolute atomic E-state index is 12.1. The quantitative estimate of drug-likeness (QED) is 0.760. The lowest BCUT2D eigenvalue weighted by Gasteiger charge is -2.19. The van der Waals surface area contributed by atoms with Crippen LogP contribution >= 0.6 is 0 Å². The molecule has 0 aliphatic carbocycles. The Bertz CT molecular complexity index is 390. The molecule has 1 rings (SSSR count). The van der Waals surface area contributed by atoms with Gasteiger partial charge in [-0.1, -0.05) is 13.8 Å². The predicted molar refractivity (Wildman–Crippen MR) is 66.7 cm³/mol. The molecule has 1 fully saturated rings. The Labute approximate surface area is 108 Å². The summed E-state index contributed by atoms with van der Waals surface area (Å²) in [5.74, 6) is -1.78. The number of sulfonamides is 1. The molecule has 0 aromatic heterocycles. The fraction of sp³-hybridized carbons (Fsp3) is 0.909. The summed E-state index contributed by atoms with van der Waals surface area (Å²) in [6.45, 7) is 3.97. The summed E-state index contributed by atoms with van der Waals surface area (Å²) in [6, 6.07) is 0. The summed E-state index contributed by atoms with van der Waals surface area (Å²) in [7, 11) is -1.96. The molecule has 0 aromatic rings. The summed E-state index contributed by atoms with van der Waals surface area (Å²) >= 11 is 0. The number of carboxylic acid groups (broad SMARTS) is 1. The molecule has 106 valence electrons. The zero-order chi connectivity index (χ0) is 13.9. The topological polar surface area (TPSA) is 83.9 Å². The Morgan fingerprint density at radius 3 is 2.50 bits per heavy atom. The van der Waals surface area contributed by atoms with Gasteiger partial charge in [0.25, 0.3) is 0 Å². The van der Waals surface area contributed by atoms with Crippen LogP contribution in [0.15, 0.2) is 0 Å². The summed E-state index contributed by atoms with van der Waals surface area (Å²) < 4.78 is 30.6. The SMILES string of the molecule is CCC(CS(=O)(=O)N1C[C@@H](C)[C@H](C(=O)O)C1)OC. The summed E-state index contributed by atoms with van der Waals surface area (Å²) in [4.78, 5) is 11.0. The first-order valence-electron chi connectivity index (χ1n) is 6.05. The molecular weight excluding hydrogens is 258 g/mol. The van der Waals surface area contributed by atoms with Crippen LogP contribution in [0, 0.1) is 11.8 Å². The summed E-state index contributed by atoms with van der Waals surface area (Å²) in [6.07, 6.45) is 0.274. The fourth-order valence-electron chi connectivity index (χ4n) is 2.16. The molecule has 0 saturated carbocycles. The van der Waals surface area contributed by atoms with Gasteiger partial charge in [-0.3, -0.25) is 4.79 Å². The minimum atomic E-state index is -3.44. The molecule has 1 unspecified atom stereocenters. The number of ether oxygens (including phenoxy) is 1. The van der Waals surface area contributed by atoms with Gasteiger partial charge in [0.2, 0.25) is 10.0 Å². The molecule has 3 atom stereocenters. The highest BCUT2D eigenvalue weighted by atomic mass is 32.2. The number of hydrogen-bond donors (Lipinski definition) is 1. The van der Waals surface area contributed by atoms with Crippen molar-refractivity contribution < 1.29 is 23.1 Å². The highest BCUT2D eigenvalue weighted by Gasteiger charge is 2.40. The molecule has 1 N–H and O–H groups in total. The molecule has 0 radical (unpaired) electrons. The average Bonchev–Trinajstić information content (AvgIpc) is 2.69. The maximum Gasteiger partial charge on any atom is 0.308 e. The van der Waals surface area contributed by atoms with Crippen molar-refractivity contribution in [3.8, 4) is 0 Å². The predicted octanol–water partition coefficient (Wildman–Crippen LogP) is 0.394. The molecule has 7 heteroatoms. The van der Waals surface area contributed by atoms with E-state index in [9.17, 15) is 13.2 Å². The Kier molecular flexibility index (Phi) is 5.12. The fourth-order valence-corrected chi connectivity index (χ4v) is 4.07. The van der Waals surface area contributed by atoms with Crippen molar-refractivity contribution in [3.63, 3.8) is 0 Å². The molecule has 1 aliphatic rings. The Morgan fingerprint density at radius 2 is 2.11 bits per heavy atom. The molecule has 6 nitrogen and oxygen atoms in total. The Morgan fingerprint density at radius 1 is 1.50 bits per heavy atom. The van der Waals surface area contributed by atoms with E-state index in [0.29, 0.717) is 6.42 Å². The van der Waals surface area contributed by atoms with Crippen LogP contribution < -0.4 is 0 Å². The normalized spacial score (nSPS) is 27.3. The Hall–Kier alpha value is -0.660. The van der Waals surface area contributed by atoms with Gasteiger partial charge in [0.05, 0.1) is 17.8 Å². The van der Waals surface area contributed by atoms with Crippen LogP contribution in [0.3, 0.4) is 0 Å². The third kappa shape index (κ3) is 3.43. The van der Waals surface area contributed by atoms with Crippen LogP contribution in [0.5, 0.6) is 0 Å². The molecule has 0 amide bonds. The van der Waals surface area contributed by atoms with E-state index in [1.807, 2.05) is 6.92 Å². The lowest BCUT2D eigenvalue weighted by atomic mass is 9.99. The third-order valence-corrected chi connectivity index (χ3v) is 5.35. The van der Waals surface area contributed by atoms with E-state index in [4.69, 9.17) is 9.84 Å². The van der Waals surface area contributed by atoms with E-state index in [-0.39, 0.29) is 30.9 Å². The van der Waals surface area contributed by atoms with Gasteiger partial charge in [0.1, 0.15) is 0 Å². The first-order valence-corrected chi connectivity index (χ1v) is 7.66. The number of carboxylic acids is 1. The number of hydrogen-bond acceptors (Lipinski definition) is 4. The number of carbonyl (C=O) groups is 1. The molecule has 1 aliphatic heterocycles. The number of nitrogens with zero attached hydrogens (tertiary/aromatic N) is 1. The monoisotopic (exact) mass is 279 g/mol. The van der Waals surface area contributed by atoms with Gasteiger partial charge >= 0.3 is 5.97 Å². The van der Waals surface area contributed by atoms with Crippen molar-refractivity contribution >= 4 is 16.0 Å². The van der Waals surface area contributed by atoms with E-state index < -0.39 is 21.9 Å². The minimum Gasteiger partial charge on any atom is -0.481 e. The van der Waals surface area contributed by atoms with E-state index >= 15 is 0 Å². The summed E-state index contributed by atoms with van der Waals surface area (Å²) in [5, 5.41) is 9.00. The zero-order valence-corrected chi connectivity index (χ0v) is 11.8. The van der Waals surface area contributed by atoms with E-state index in [2.05, 4.69) is 0 Å². The lowest BCUT2D eigenvalue weighted by molar-refractivity contribution is -0.142. The van der Waals surface area contributed by atoms with Crippen LogP contribution in [-0.2, 0) is 19.6 Å². The number of rotatable bonds is 6. The first kappa shape index (κ1) is 15.4. The van der Waals surface area contributed by atoms with Gasteiger partial charge in [-0.15, -0.1) is 0 Å². The molecule has 0 bridgehead atoms. The van der Waals surface area contributed by atoms with Crippen LogP contribution in [0.4, 0.5) is 0 Å².